The highest BCUT2D eigenvalue weighted by atomic mass is 16.5. The van der Waals surface area contributed by atoms with Gasteiger partial charge in [-0.25, -0.2) is 4.98 Å². The van der Waals surface area contributed by atoms with Gasteiger partial charge >= 0.3 is 0 Å². The summed E-state index contributed by atoms with van der Waals surface area (Å²) in [6.07, 6.45) is 3.79. The lowest BCUT2D eigenvalue weighted by Gasteiger charge is -2.08. The Morgan fingerprint density at radius 3 is 2.57 bits per heavy atom. The molecule has 3 rings (SSSR count). The first-order chi connectivity index (χ1) is 11.2. The lowest BCUT2D eigenvalue weighted by molar-refractivity contribution is 0.354. The second kappa shape index (κ2) is 6.43. The summed E-state index contributed by atoms with van der Waals surface area (Å²) in [4.78, 5) is 12.7. The summed E-state index contributed by atoms with van der Waals surface area (Å²) in [5.41, 5.74) is 2.38. The van der Waals surface area contributed by atoms with Crippen molar-refractivity contribution in [3.05, 3.63) is 47.7 Å². The fraction of sp³-hybridized carbons (Fsp3) is 0.250. The largest absolute Gasteiger partial charge is 0.493 e. The van der Waals surface area contributed by atoms with Crippen molar-refractivity contribution in [2.45, 2.75) is 13.3 Å². The van der Waals surface area contributed by atoms with Gasteiger partial charge in [0.25, 0.3) is 5.89 Å². The zero-order valence-corrected chi connectivity index (χ0v) is 13.1. The second-order valence-corrected chi connectivity index (χ2v) is 4.92. The van der Waals surface area contributed by atoms with Crippen molar-refractivity contribution in [3.8, 4) is 23.1 Å². The first kappa shape index (κ1) is 15.0. The number of aromatic nitrogens is 4. The Labute approximate surface area is 133 Å². The summed E-state index contributed by atoms with van der Waals surface area (Å²) in [6, 6.07) is 5.67. The first-order valence-electron chi connectivity index (χ1n) is 7.02. The van der Waals surface area contributed by atoms with Gasteiger partial charge in [-0.3, -0.25) is 4.98 Å². The third-order valence-corrected chi connectivity index (χ3v) is 3.28. The van der Waals surface area contributed by atoms with Gasteiger partial charge < -0.3 is 14.0 Å². The highest BCUT2D eigenvalue weighted by Gasteiger charge is 2.12. The van der Waals surface area contributed by atoms with Crippen LogP contribution >= 0.6 is 0 Å². The molecule has 7 heteroatoms. The van der Waals surface area contributed by atoms with Crippen molar-refractivity contribution in [1.82, 2.24) is 20.1 Å². The van der Waals surface area contributed by atoms with Gasteiger partial charge in [0.05, 0.1) is 26.1 Å². The van der Waals surface area contributed by atoms with Crippen LogP contribution in [0.2, 0.25) is 0 Å². The number of benzene rings is 1. The monoisotopic (exact) mass is 312 g/mol. The maximum atomic E-state index is 5.29. The van der Waals surface area contributed by atoms with Crippen LogP contribution in [0.15, 0.2) is 35.1 Å². The molecule has 0 N–H and O–H groups in total. The van der Waals surface area contributed by atoms with Crippen molar-refractivity contribution in [1.29, 1.82) is 0 Å². The molecule has 0 amide bonds. The van der Waals surface area contributed by atoms with E-state index in [2.05, 4.69) is 20.1 Å². The predicted molar refractivity (Wildman–Crippen MR) is 82.4 cm³/mol. The number of nitrogens with zero attached hydrogens (tertiary/aromatic N) is 4. The van der Waals surface area contributed by atoms with E-state index in [-0.39, 0.29) is 0 Å². The number of methoxy groups -OCH3 is 2. The molecule has 2 aromatic heterocycles. The molecule has 0 fully saturated rings. The summed E-state index contributed by atoms with van der Waals surface area (Å²) < 4.78 is 15.8. The molecule has 0 atom stereocenters. The smallest absolute Gasteiger partial charge is 0.278 e. The Hall–Kier alpha value is -2.96. The van der Waals surface area contributed by atoms with Gasteiger partial charge in [-0.2, -0.15) is 4.98 Å². The summed E-state index contributed by atoms with van der Waals surface area (Å²) in [7, 11) is 3.20. The van der Waals surface area contributed by atoms with E-state index in [9.17, 15) is 0 Å². The molecule has 0 bridgehead atoms. The third-order valence-electron chi connectivity index (χ3n) is 3.28. The highest BCUT2D eigenvalue weighted by Crippen LogP contribution is 2.28. The van der Waals surface area contributed by atoms with Crippen LogP contribution in [0.5, 0.6) is 11.5 Å². The average molecular weight is 312 g/mol. The van der Waals surface area contributed by atoms with Crippen LogP contribution < -0.4 is 9.47 Å². The molecule has 3 aromatic rings. The molecule has 1 aromatic carbocycles. The molecule has 0 radical (unpaired) electrons. The summed E-state index contributed by atoms with van der Waals surface area (Å²) in [6.45, 7) is 1.87. The summed E-state index contributed by atoms with van der Waals surface area (Å²) >= 11 is 0. The standard InChI is InChI=1S/C16H16N4O3/c1-10-8-18-12(9-17-10)16-19-15(20-23-16)7-11-4-5-13(21-2)14(6-11)22-3/h4-6,8-9H,7H2,1-3H3. The molecule has 2 heterocycles. The zero-order valence-electron chi connectivity index (χ0n) is 13.1. The number of rotatable bonds is 5. The van der Waals surface area contributed by atoms with Gasteiger partial charge in [-0.1, -0.05) is 11.2 Å². The molecule has 118 valence electrons. The van der Waals surface area contributed by atoms with Crippen molar-refractivity contribution in [3.63, 3.8) is 0 Å². The molecular weight excluding hydrogens is 296 g/mol. The van der Waals surface area contributed by atoms with Gasteiger partial charge in [0.15, 0.2) is 17.3 Å². The minimum atomic E-state index is 0.355. The first-order valence-corrected chi connectivity index (χ1v) is 7.02. The SMILES string of the molecule is COc1ccc(Cc2noc(-c3cnc(C)cn3)n2)cc1OC. The quantitative estimate of drug-likeness (QED) is 0.715. The Balaban J connectivity index is 1.80. The Kier molecular flexibility index (Phi) is 4.18. The van der Waals surface area contributed by atoms with Crippen LogP contribution in [0, 0.1) is 6.92 Å². The van der Waals surface area contributed by atoms with Crippen molar-refractivity contribution in [2.75, 3.05) is 14.2 Å². The lowest BCUT2D eigenvalue weighted by atomic mass is 10.1. The van der Waals surface area contributed by atoms with E-state index in [1.54, 1.807) is 26.6 Å². The highest BCUT2D eigenvalue weighted by molar-refractivity contribution is 5.45. The topological polar surface area (TPSA) is 83.2 Å². The predicted octanol–water partition coefficient (Wildman–Crippen LogP) is 2.44. The van der Waals surface area contributed by atoms with Crippen molar-refractivity contribution < 1.29 is 14.0 Å². The number of hydrogen-bond donors (Lipinski definition) is 0. The van der Waals surface area contributed by atoms with E-state index in [1.807, 2.05) is 25.1 Å². The Bertz CT molecular complexity index is 799. The normalized spacial score (nSPS) is 10.6. The van der Waals surface area contributed by atoms with Gasteiger partial charge in [-0.15, -0.1) is 0 Å². The molecule has 0 spiro atoms. The molecule has 0 aliphatic rings. The summed E-state index contributed by atoms with van der Waals surface area (Å²) in [5.74, 6) is 2.26. The Morgan fingerprint density at radius 2 is 1.87 bits per heavy atom. The zero-order chi connectivity index (χ0) is 16.2. The molecule has 0 aliphatic heterocycles. The van der Waals surface area contributed by atoms with Gasteiger partial charge in [0, 0.05) is 12.6 Å². The minimum Gasteiger partial charge on any atom is -0.493 e. The fourth-order valence-electron chi connectivity index (χ4n) is 2.11. The van der Waals surface area contributed by atoms with Gasteiger partial charge in [-0.05, 0) is 24.6 Å². The van der Waals surface area contributed by atoms with E-state index in [1.165, 1.54) is 0 Å². The minimum absolute atomic E-state index is 0.355. The van der Waals surface area contributed by atoms with Crippen molar-refractivity contribution >= 4 is 0 Å². The van der Waals surface area contributed by atoms with E-state index in [0.717, 1.165) is 11.3 Å². The number of hydrogen-bond acceptors (Lipinski definition) is 7. The molecule has 0 unspecified atom stereocenters. The van der Waals surface area contributed by atoms with E-state index in [4.69, 9.17) is 14.0 Å². The molecule has 23 heavy (non-hydrogen) atoms. The molecule has 0 saturated heterocycles. The summed E-state index contributed by atoms with van der Waals surface area (Å²) in [5, 5.41) is 3.98. The maximum absolute atomic E-state index is 5.29. The van der Waals surface area contributed by atoms with E-state index >= 15 is 0 Å². The van der Waals surface area contributed by atoms with Crippen LogP contribution in [0.25, 0.3) is 11.6 Å². The Morgan fingerprint density at radius 1 is 1.04 bits per heavy atom. The van der Waals surface area contributed by atoms with Crippen LogP contribution in [-0.2, 0) is 6.42 Å². The van der Waals surface area contributed by atoms with Crippen LogP contribution in [0.3, 0.4) is 0 Å². The van der Waals surface area contributed by atoms with E-state index < -0.39 is 0 Å². The average Bonchev–Trinajstić information content (AvgIpc) is 3.04. The van der Waals surface area contributed by atoms with E-state index in [0.29, 0.717) is 35.3 Å². The second-order valence-electron chi connectivity index (χ2n) is 4.92. The molecule has 7 nitrogen and oxygen atoms in total. The van der Waals surface area contributed by atoms with Crippen LogP contribution in [0.4, 0.5) is 0 Å². The molecule has 0 aliphatic carbocycles. The third kappa shape index (κ3) is 3.28. The fourth-order valence-corrected chi connectivity index (χ4v) is 2.11. The van der Waals surface area contributed by atoms with Crippen LogP contribution in [0.1, 0.15) is 17.1 Å². The van der Waals surface area contributed by atoms with Crippen LogP contribution in [-0.4, -0.2) is 34.3 Å². The maximum Gasteiger partial charge on any atom is 0.278 e. The number of aryl methyl sites for hydroxylation is 1. The molecule has 0 saturated carbocycles. The molecular formula is C16H16N4O3. The number of ether oxygens (including phenoxy) is 2. The van der Waals surface area contributed by atoms with Gasteiger partial charge in [0.2, 0.25) is 0 Å². The van der Waals surface area contributed by atoms with Gasteiger partial charge in [0.1, 0.15) is 5.69 Å². The van der Waals surface area contributed by atoms with Crippen molar-refractivity contribution in [2.24, 2.45) is 0 Å². The lowest BCUT2D eigenvalue weighted by Crippen LogP contribution is -1.95.